The molecule has 0 aromatic carbocycles. The summed E-state index contributed by atoms with van der Waals surface area (Å²) in [6.45, 7) is 0. The monoisotopic (exact) mass is 276 g/mol. The van der Waals surface area contributed by atoms with Crippen LogP contribution in [0.3, 0.4) is 0 Å². The van der Waals surface area contributed by atoms with Crippen LogP contribution >= 0.6 is 22.6 Å². The van der Waals surface area contributed by atoms with Crippen molar-refractivity contribution >= 4 is 34.6 Å². The van der Waals surface area contributed by atoms with Crippen molar-refractivity contribution in [2.45, 2.75) is 0 Å². The molecule has 1 aromatic heterocycles. The van der Waals surface area contributed by atoms with Crippen LogP contribution in [0.25, 0.3) is 0 Å². The second-order valence-corrected chi connectivity index (χ2v) is 3.57. The number of nitrogens with zero attached hydrogens (tertiary/aromatic N) is 2. The molecule has 0 aliphatic rings. The second-order valence-electron chi connectivity index (χ2n) is 2.55. The smallest absolute Gasteiger partial charge is 0.154 e. The number of carbonyl (C=O) groups excluding carboxylic acids is 1. The summed E-state index contributed by atoms with van der Waals surface area (Å²) < 4.78 is 0.744. The van der Waals surface area contributed by atoms with Crippen LogP contribution in [0.5, 0.6) is 0 Å². The highest BCUT2D eigenvalue weighted by Crippen LogP contribution is 2.19. The molecule has 0 saturated heterocycles. The van der Waals surface area contributed by atoms with E-state index in [0.717, 1.165) is 15.7 Å². The van der Waals surface area contributed by atoms with Crippen LogP contribution in [0.4, 0.5) is 5.69 Å². The minimum Gasteiger partial charge on any atom is -0.377 e. The molecule has 0 spiro atoms. The van der Waals surface area contributed by atoms with Crippen molar-refractivity contribution in [2.24, 2.45) is 0 Å². The molecule has 0 radical (unpaired) electrons. The Hall–Kier alpha value is -0.650. The van der Waals surface area contributed by atoms with Gasteiger partial charge >= 0.3 is 0 Å². The number of aromatic nitrogens is 1. The van der Waals surface area contributed by atoms with Crippen LogP contribution < -0.4 is 4.90 Å². The third-order valence-electron chi connectivity index (χ3n) is 1.52. The van der Waals surface area contributed by atoms with E-state index >= 15 is 0 Å². The van der Waals surface area contributed by atoms with Crippen LogP contribution in [-0.4, -0.2) is 25.4 Å². The zero-order valence-electron chi connectivity index (χ0n) is 6.91. The van der Waals surface area contributed by atoms with Crippen LogP contribution in [0, 0.1) is 3.70 Å². The van der Waals surface area contributed by atoms with E-state index in [1.807, 2.05) is 25.1 Å². The van der Waals surface area contributed by atoms with Crippen molar-refractivity contribution in [1.82, 2.24) is 4.98 Å². The maximum absolute atomic E-state index is 10.7. The van der Waals surface area contributed by atoms with Gasteiger partial charge in [0, 0.05) is 20.3 Å². The first kappa shape index (κ1) is 9.44. The molecule has 1 rings (SSSR count). The maximum atomic E-state index is 10.7. The Kier molecular flexibility index (Phi) is 3.02. The van der Waals surface area contributed by atoms with Crippen molar-refractivity contribution < 1.29 is 4.79 Å². The molecule has 0 fully saturated rings. The van der Waals surface area contributed by atoms with E-state index in [2.05, 4.69) is 27.6 Å². The predicted molar refractivity (Wildman–Crippen MR) is 56.7 cm³/mol. The van der Waals surface area contributed by atoms with Crippen LogP contribution in [0.15, 0.2) is 12.3 Å². The summed E-state index contributed by atoms with van der Waals surface area (Å²) in [6, 6.07) is 1.83. The van der Waals surface area contributed by atoms with E-state index in [9.17, 15) is 4.79 Å². The molecule has 1 heterocycles. The average molecular weight is 276 g/mol. The number of carbonyl (C=O) groups is 1. The fourth-order valence-corrected chi connectivity index (χ4v) is 1.50. The van der Waals surface area contributed by atoms with Crippen molar-refractivity contribution in [3.63, 3.8) is 0 Å². The lowest BCUT2D eigenvalue weighted by atomic mass is 10.2. The predicted octanol–water partition coefficient (Wildman–Crippen LogP) is 1.56. The number of halogens is 1. The third kappa shape index (κ3) is 1.74. The molecule has 0 saturated carbocycles. The van der Waals surface area contributed by atoms with Crippen molar-refractivity contribution in [2.75, 3.05) is 19.0 Å². The van der Waals surface area contributed by atoms with Crippen molar-refractivity contribution in [3.05, 3.63) is 21.5 Å². The van der Waals surface area contributed by atoms with Gasteiger partial charge in [0.2, 0.25) is 0 Å². The largest absolute Gasteiger partial charge is 0.377 e. The molecule has 64 valence electrons. The van der Waals surface area contributed by atoms with E-state index in [1.165, 1.54) is 0 Å². The highest BCUT2D eigenvalue weighted by atomic mass is 127. The summed E-state index contributed by atoms with van der Waals surface area (Å²) in [5, 5.41) is 0. The summed E-state index contributed by atoms with van der Waals surface area (Å²) in [6.07, 6.45) is 2.54. The quantitative estimate of drug-likeness (QED) is 0.467. The summed E-state index contributed by atoms with van der Waals surface area (Å²) >= 11 is 2.05. The van der Waals surface area contributed by atoms with Gasteiger partial charge in [0.1, 0.15) is 3.70 Å². The number of aldehydes is 1. The van der Waals surface area contributed by atoms with Gasteiger partial charge in [-0.05, 0) is 28.7 Å². The normalized spacial score (nSPS) is 9.58. The van der Waals surface area contributed by atoms with Crippen LogP contribution in [0.1, 0.15) is 10.4 Å². The summed E-state index contributed by atoms with van der Waals surface area (Å²) in [4.78, 5) is 16.6. The van der Waals surface area contributed by atoms with Gasteiger partial charge in [0.05, 0.1) is 11.3 Å². The molecule has 1 aromatic rings. The van der Waals surface area contributed by atoms with Gasteiger partial charge in [-0.15, -0.1) is 0 Å². The fourth-order valence-electron chi connectivity index (χ4n) is 0.937. The minimum absolute atomic E-state index is 0.656. The number of anilines is 1. The van der Waals surface area contributed by atoms with Crippen molar-refractivity contribution in [1.29, 1.82) is 0 Å². The van der Waals surface area contributed by atoms with Gasteiger partial charge in [0.15, 0.2) is 6.29 Å². The molecule has 4 heteroatoms. The molecular formula is C8H9IN2O. The van der Waals surface area contributed by atoms with Gasteiger partial charge in [-0.2, -0.15) is 0 Å². The lowest BCUT2D eigenvalue weighted by molar-refractivity contribution is 0.112. The van der Waals surface area contributed by atoms with E-state index in [4.69, 9.17) is 0 Å². The molecule has 3 nitrogen and oxygen atoms in total. The molecule has 0 bridgehead atoms. The van der Waals surface area contributed by atoms with Crippen LogP contribution in [-0.2, 0) is 0 Å². The van der Waals surface area contributed by atoms with E-state index < -0.39 is 0 Å². The Morgan fingerprint density at radius 2 is 2.25 bits per heavy atom. The molecule has 0 aliphatic heterocycles. The zero-order chi connectivity index (χ0) is 9.14. The summed E-state index contributed by atoms with van der Waals surface area (Å²) in [5.74, 6) is 0. The Labute approximate surface area is 84.9 Å². The van der Waals surface area contributed by atoms with E-state index in [-0.39, 0.29) is 0 Å². The van der Waals surface area contributed by atoms with Crippen molar-refractivity contribution in [3.8, 4) is 0 Å². The SMILES string of the molecule is CN(C)c1ccnc(I)c1C=O. The Morgan fingerprint density at radius 3 is 2.67 bits per heavy atom. The fraction of sp³-hybridized carbons (Fsp3) is 0.250. The first-order chi connectivity index (χ1) is 5.66. The van der Waals surface area contributed by atoms with Crippen LogP contribution in [0.2, 0.25) is 0 Å². The molecule has 0 atom stereocenters. The molecule has 0 amide bonds. The van der Waals surface area contributed by atoms with E-state index in [1.54, 1.807) is 6.20 Å². The highest BCUT2D eigenvalue weighted by Gasteiger charge is 2.07. The molecule has 12 heavy (non-hydrogen) atoms. The lowest BCUT2D eigenvalue weighted by Crippen LogP contribution is -2.12. The molecule has 0 aliphatic carbocycles. The summed E-state index contributed by atoms with van der Waals surface area (Å²) in [5.41, 5.74) is 1.56. The Bertz CT molecular complexity index is 299. The average Bonchev–Trinajstić information content (AvgIpc) is 2.03. The van der Waals surface area contributed by atoms with Gasteiger partial charge in [-0.25, -0.2) is 4.98 Å². The summed E-state index contributed by atoms with van der Waals surface area (Å²) in [7, 11) is 3.80. The number of hydrogen-bond acceptors (Lipinski definition) is 3. The topological polar surface area (TPSA) is 33.2 Å². The van der Waals surface area contributed by atoms with Gasteiger partial charge in [-0.3, -0.25) is 4.79 Å². The first-order valence-corrected chi connectivity index (χ1v) is 4.51. The number of rotatable bonds is 2. The first-order valence-electron chi connectivity index (χ1n) is 3.44. The third-order valence-corrected chi connectivity index (χ3v) is 2.38. The Morgan fingerprint density at radius 1 is 1.58 bits per heavy atom. The minimum atomic E-state index is 0.656. The number of hydrogen-bond donors (Lipinski definition) is 0. The second kappa shape index (κ2) is 3.84. The van der Waals surface area contributed by atoms with Gasteiger partial charge in [0.25, 0.3) is 0 Å². The Balaban J connectivity index is 3.27. The van der Waals surface area contributed by atoms with E-state index in [0.29, 0.717) is 5.56 Å². The standard InChI is InChI=1S/C8H9IN2O/c1-11(2)7-3-4-10-8(9)6(7)5-12/h3-5H,1-2H3. The van der Waals surface area contributed by atoms with Gasteiger partial charge < -0.3 is 4.90 Å². The molecule has 0 N–H and O–H groups in total. The number of pyridine rings is 1. The highest BCUT2D eigenvalue weighted by molar-refractivity contribution is 14.1. The van der Waals surface area contributed by atoms with Gasteiger partial charge in [-0.1, -0.05) is 0 Å². The molecular weight excluding hydrogens is 267 g/mol. The zero-order valence-corrected chi connectivity index (χ0v) is 9.07. The molecule has 0 unspecified atom stereocenters. The lowest BCUT2D eigenvalue weighted by Gasteiger charge is -2.14. The maximum Gasteiger partial charge on any atom is 0.154 e.